The third kappa shape index (κ3) is 2.57. The lowest BCUT2D eigenvalue weighted by molar-refractivity contribution is -0.236. The molecule has 5 fully saturated rings. The number of carbonyl (C=O) groups excluding carboxylic acids is 1. The van der Waals surface area contributed by atoms with Crippen LogP contribution in [-0.4, -0.2) is 24.8 Å². The fraction of sp³-hybridized carbons (Fsp3) is 0.960. The van der Waals surface area contributed by atoms with E-state index in [0.29, 0.717) is 34.9 Å². The second-order valence-electron chi connectivity index (χ2n) is 11.9. The summed E-state index contributed by atoms with van der Waals surface area (Å²) in [4.78, 5) is 14.0. The molecule has 1 saturated heterocycles. The van der Waals surface area contributed by atoms with E-state index >= 15 is 0 Å². The highest BCUT2D eigenvalue weighted by Gasteiger charge is 2.71. The normalized spacial score (nSPS) is 52.8. The number of ether oxygens (including phenoxy) is 2. The predicted octanol–water partition coefficient (Wildman–Crippen LogP) is 5.76. The standard InChI is InChI=1S/C25H40O3/c1-16-17-9-10-18-24(4)12-7-11-23(2,3)19(24)14-20(26)25(18,15-17)22(16)28-21-8-5-6-13-27-21/h16-19,21-22H,5-15H2,1-4H3/t16-,17-,18+,19-,21?,22+,24+,25-/m1/s1. The molecular weight excluding hydrogens is 348 g/mol. The van der Waals surface area contributed by atoms with Crippen LogP contribution in [0.1, 0.15) is 91.9 Å². The number of rotatable bonds is 2. The lowest BCUT2D eigenvalue weighted by atomic mass is 9.40. The van der Waals surface area contributed by atoms with E-state index in [9.17, 15) is 4.79 Å². The van der Waals surface area contributed by atoms with E-state index in [1.165, 1.54) is 38.5 Å². The fourth-order valence-corrected chi connectivity index (χ4v) is 8.88. The minimum atomic E-state index is -0.234. The van der Waals surface area contributed by atoms with Crippen molar-refractivity contribution in [3.8, 4) is 0 Å². The van der Waals surface area contributed by atoms with Crippen molar-refractivity contribution in [1.82, 2.24) is 0 Å². The predicted molar refractivity (Wildman–Crippen MR) is 110 cm³/mol. The molecule has 0 aromatic carbocycles. The first-order valence-electron chi connectivity index (χ1n) is 12.1. The molecule has 28 heavy (non-hydrogen) atoms. The highest BCUT2D eigenvalue weighted by atomic mass is 16.7. The molecule has 2 bridgehead atoms. The van der Waals surface area contributed by atoms with Gasteiger partial charge in [-0.15, -0.1) is 0 Å². The summed E-state index contributed by atoms with van der Waals surface area (Å²) in [5.74, 6) is 2.73. The molecule has 5 rings (SSSR count). The number of hydrogen-bond acceptors (Lipinski definition) is 3. The van der Waals surface area contributed by atoms with Crippen LogP contribution in [0, 0.1) is 39.9 Å². The average Bonchev–Trinajstić information content (AvgIpc) is 2.86. The van der Waals surface area contributed by atoms with Crippen molar-refractivity contribution in [2.75, 3.05) is 6.61 Å². The van der Waals surface area contributed by atoms with Gasteiger partial charge in [-0.25, -0.2) is 0 Å². The molecule has 8 atom stereocenters. The average molecular weight is 389 g/mol. The van der Waals surface area contributed by atoms with Gasteiger partial charge in [0.2, 0.25) is 0 Å². The Hall–Kier alpha value is -0.410. The molecular formula is C25H40O3. The third-order valence-corrected chi connectivity index (χ3v) is 10.2. The van der Waals surface area contributed by atoms with Gasteiger partial charge in [-0.1, -0.05) is 34.1 Å². The molecule has 0 N–H and O–H groups in total. The quantitative estimate of drug-likeness (QED) is 0.603. The van der Waals surface area contributed by atoms with Gasteiger partial charge in [-0.2, -0.15) is 0 Å². The van der Waals surface area contributed by atoms with Crippen molar-refractivity contribution in [2.24, 2.45) is 39.9 Å². The van der Waals surface area contributed by atoms with Gasteiger partial charge in [-0.05, 0) is 85.9 Å². The zero-order valence-electron chi connectivity index (χ0n) is 18.5. The number of ketones is 1. The van der Waals surface area contributed by atoms with E-state index < -0.39 is 0 Å². The molecule has 1 unspecified atom stereocenters. The maximum Gasteiger partial charge on any atom is 0.158 e. The molecule has 0 amide bonds. The molecule has 0 aromatic rings. The molecule has 1 spiro atoms. The Morgan fingerprint density at radius 1 is 1.00 bits per heavy atom. The van der Waals surface area contributed by atoms with Crippen LogP contribution in [0.25, 0.3) is 0 Å². The number of carbonyl (C=O) groups is 1. The Balaban J connectivity index is 1.53. The lowest BCUT2D eigenvalue weighted by Crippen LogP contribution is -2.63. The van der Waals surface area contributed by atoms with Gasteiger partial charge in [0.25, 0.3) is 0 Å². The van der Waals surface area contributed by atoms with Gasteiger partial charge in [-0.3, -0.25) is 4.79 Å². The maximum absolute atomic E-state index is 14.0. The van der Waals surface area contributed by atoms with E-state index in [0.717, 1.165) is 32.3 Å². The van der Waals surface area contributed by atoms with E-state index in [4.69, 9.17) is 9.47 Å². The van der Waals surface area contributed by atoms with Gasteiger partial charge in [0.05, 0.1) is 11.5 Å². The Morgan fingerprint density at radius 2 is 1.82 bits per heavy atom. The largest absolute Gasteiger partial charge is 0.353 e. The summed E-state index contributed by atoms with van der Waals surface area (Å²) in [6, 6.07) is 0. The van der Waals surface area contributed by atoms with Gasteiger partial charge in [0.1, 0.15) is 5.78 Å². The molecule has 4 saturated carbocycles. The van der Waals surface area contributed by atoms with E-state index in [-0.39, 0.29) is 23.2 Å². The molecule has 0 radical (unpaired) electrons. The van der Waals surface area contributed by atoms with Crippen molar-refractivity contribution in [1.29, 1.82) is 0 Å². The van der Waals surface area contributed by atoms with Gasteiger partial charge in [0, 0.05) is 13.0 Å². The molecule has 1 aliphatic heterocycles. The van der Waals surface area contributed by atoms with Gasteiger partial charge >= 0.3 is 0 Å². The van der Waals surface area contributed by atoms with Crippen molar-refractivity contribution in [3.63, 3.8) is 0 Å². The fourth-order valence-electron chi connectivity index (χ4n) is 8.88. The van der Waals surface area contributed by atoms with Crippen molar-refractivity contribution < 1.29 is 14.3 Å². The van der Waals surface area contributed by atoms with E-state index in [1.807, 2.05) is 0 Å². The minimum absolute atomic E-state index is 0.0726. The first-order chi connectivity index (χ1) is 13.3. The van der Waals surface area contributed by atoms with E-state index in [2.05, 4.69) is 27.7 Å². The monoisotopic (exact) mass is 388 g/mol. The Bertz CT molecular complexity index is 636. The first-order valence-corrected chi connectivity index (χ1v) is 12.1. The molecule has 3 heteroatoms. The van der Waals surface area contributed by atoms with Crippen LogP contribution in [0.4, 0.5) is 0 Å². The smallest absolute Gasteiger partial charge is 0.158 e. The molecule has 5 aliphatic rings. The topological polar surface area (TPSA) is 35.5 Å². The third-order valence-electron chi connectivity index (χ3n) is 10.2. The molecule has 158 valence electrons. The van der Waals surface area contributed by atoms with Gasteiger partial charge in [0.15, 0.2) is 6.29 Å². The number of fused-ring (bicyclic) bond motifs is 3. The first kappa shape index (κ1) is 19.5. The second kappa shape index (κ2) is 6.54. The number of hydrogen-bond donors (Lipinski definition) is 0. The molecule has 0 aromatic heterocycles. The highest BCUT2D eigenvalue weighted by molar-refractivity contribution is 5.88. The van der Waals surface area contributed by atoms with Crippen molar-refractivity contribution >= 4 is 5.78 Å². The number of Topliss-reactive ketones (excluding diaryl/α,β-unsaturated/α-hetero) is 1. The summed E-state index contributed by atoms with van der Waals surface area (Å²) >= 11 is 0. The Morgan fingerprint density at radius 3 is 2.57 bits per heavy atom. The summed E-state index contributed by atoms with van der Waals surface area (Å²) in [6.07, 6.45) is 11.6. The van der Waals surface area contributed by atoms with Crippen LogP contribution in [0.2, 0.25) is 0 Å². The minimum Gasteiger partial charge on any atom is -0.353 e. The van der Waals surface area contributed by atoms with Crippen molar-refractivity contribution in [3.05, 3.63) is 0 Å². The van der Waals surface area contributed by atoms with Crippen LogP contribution in [0.5, 0.6) is 0 Å². The highest BCUT2D eigenvalue weighted by Crippen LogP contribution is 2.71. The Labute approximate surface area is 171 Å². The lowest BCUT2D eigenvalue weighted by Gasteiger charge is -2.63. The summed E-state index contributed by atoms with van der Waals surface area (Å²) in [5.41, 5.74) is 0.343. The second-order valence-corrected chi connectivity index (χ2v) is 11.9. The zero-order chi connectivity index (χ0) is 19.7. The summed E-state index contributed by atoms with van der Waals surface area (Å²) in [5, 5.41) is 0. The van der Waals surface area contributed by atoms with Crippen molar-refractivity contribution in [2.45, 2.75) is 104 Å². The maximum atomic E-state index is 14.0. The van der Waals surface area contributed by atoms with Crippen LogP contribution >= 0.6 is 0 Å². The molecule has 3 nitrogen and oxygen atoms in total. The van der Waals surface area contributed by atoms with Crippen LogP contribution in [-0.2, 0) is 14.3 Å². The SMILES string of the molecule is C[C@@H]1[C@@H]2CC[C@H]3[C@]4(C)CCCC(C)(C)[C@H]4CC(=O)[C@]3(C2)[C@H]1OC1CCCCO1. The van der Waals surface area contributed by atoms with Crippen LogP contribution < -0.4 is 0 Å². The van der Waals surface area contributed by atoms with Gasteiger partial charge < -0.3 is 9.47 Å². The van der Waals surface area contributed by atoms with E-state index in [1.54, 1.807) is 0 Å². The summed E-state index contributed by atoms with van der Waals surface area (Å²) < 4.78 is 12.7. The molecule has 1 heterocycles. The zero-order valence-corrected chi connectivity index (χ0v) is 18.5. The molecule has 4 aliphatic carbocycles. The summed E-state index contributed by atoms with van der Waals surface area (Å²) in [7, 11) is 0. The van der Waals surface area contributed by atoms with Crippen LogP contribution in [0.15, 0.2) is 0 Å². The summed E-state index contributed by atoms with van der Waals surface area (Å²) in [6.45, 7) is 10.6. The van der Waals surface area contributed by atoms with Crippen LogP contribution in [0.3, 0.4) is 0 Å². The Kier molecular flexibility index (Phi) is 4.57.